The summed E-state index contributed by atoms with van der Waals surface area (Å²) in [4.78, 5) is 12.0. The maximum absolute atomic E-state index is 12.0. The lowest BCUT2D eigenvalue weighted by molar-refractivity contribution is -0.129. The van der Waals surface area contributed by atoms with Crippen LogP contribution in [0.3, 0.4) is 0 Å². The van der Waals surface area contributed by atoms with Crippen LogP contribution in [-0.4, -0.2) is 11.1 Å². The number of esters is 1. The van der Waals surface area contributed by atoms with E-state index in [1.807, 2.05) is 52.0 Å². The van der Waals surface area contributed by atoms with Gasteiger partial charge >= 0.3 is 5.97 Å². The largest absolute Gasteiger partial charge is 0.507 e. The van der Waals surface area contributed by atoms with Gasteiger partial charge in [0.25, 0.3) is 0 Å². The van der Waals surface area contributed by atoms with Crippen LogP contribution in [0.5, 0.6) is 11.5 Å². The maximum Gasteiger partial charge on any atom is 0.335 e. The Balaban J connectivity index is 2.69. The molecule has 1 atom stereocenters. The van der Waals surface area contributed by atoms with Crippen molar-refractivity contribution in [2.75, 3.05) is 0 Å². The molecule has 0 aliphatic heterocycles. The Bertz CT molecular complexity index is 1450. The van der Waals surface area contributed by atoms with Crippen molar-refractivity contribution in [3.05, 3.63) is 70.3 Å². The molecule has 2 aromatic carbocycles. The Morgan fingerprint density at radius 3 is 1.97 bits per heavy atom. The van der Waals surface area contributed by atoms with Crippen molar-refractivity contribution in [2.45, 2.75) is 40.5 Å². The number of hydrogen-bond donors (Lipinski definition) is 1. The first kappa shape index (κ1) is 25.5. The van der Waals surface area contributed by atoms with Gasteiger partial charge in [-0.25, -0.2) is 4.79 Å². The number of hydrogen-bond acceptors (Lipinski definition) is 3. The monoisotopic (exact) mass is 444 g/mol. The summed E-state index contributed by atoms with van der Waals surface area (Å²) in [6.07, 6.45) is 1.11. The highest BCUT2D eigenvalue weighted by molar-refractivity contribution is 5.84. The minimum atomic E-state index is -0.605. The van der Waals surface area contributed by atoms with E-state index in [1.165, 1.54) is 0 Å². The van der Waals surface area contributed by atoms with E-state index in [2.05, 4.69) is 65.8 Å². The van der Waals surface area contributed by atoms with Crippen LogP contribution in [-0.2, 0) is 4.79 Å². The van der Waals surface area contributed by atoms with Crippen LogP contribution in [0.1, 0.15) is 46.2 Å². The Hall–Kier alpha value is -4.75. The third-order valence-electron chi connectivity index (χ3n) is 4.69. The third kappa shape index (κ3) is 6.88. The van der Waals surface area contributed by atoms with Crippen LogP contribution < -0.4 is 4.74 Å². The molecule has 3 nitrogen and oxygen atoms in total. The summed E-state index contributed by atoms with van der Waals surface area (Å²) in [6, 6.07) is 7.58. The van der Waals surface area contributed by atoms with Crippen molar-refractivity contribution >= 4 is 5.97 Å². The lowest BCUT2D eigenvalue weighted by atomic mass is 9.86. The molecule has 0 radical (unpaired) electrons. The van der Waals surface area contributed by atoms with Crippen molar-refractivity contribution in [1.82, 2.24) is 0 Å². The molecular formula is C31H24O3. The molecule has 0 saturated carbocycles. The smallest absolute Gasteiger partial charge is 0.335 e. The van der Waals surface area contributed by atoms with Crippen molar-refractivity contribution in [2.24, 2.45) is 0 Å². The Morgan fingerprint density at radius 2 is 1.38 bits per heavy atom. The van der Waals surface area contributed by atoms with Gasteiger partial charge in [0.1, 0.15) is 11.5 Å². The molecule has 0 aromatic heterocycles. The molecule has 34 heavy (non-hydrogen) atoms. The number of benzene rings is 2. The number of ether oxygens (including phenoxy) is 1. The van der Waals surface area contributed by atoms with Gasteiger partial charge < -0.3 is 9.84 Å². The van der Waals surface area contributed by atoms with E-state index in [-0.39, 0.29) is 5.75 Å². The topological polar surface area (TPSA) is 46.5 Å². The summed E-state index contributed by atoms with van der Waals surface area (Å²) < 4.78 is 5.58. The molecule has 0 amide bonds. The molecule has 3 heteroatoms. The molecule has 166 valence electrons. The molecule has 0 fully saturated rings. The standard InChI is InChI=1S/C31H24O3/c1-7-9-10-11-12-13-14-15-16-17-26(27-20-22(3)18-24(5)30(27)33)28-21-23(4)19-25(6)31(28)34-29(32)8-2/h8,18-21,26,33H,2H2,1,3-6H3. The van der Waals surface area contributed by atoms with Gasteiger partial charge in [-0.3, -0.25) is 0 Å². The summed E-state index contributed by atoms with van der Waals surface area (Å²) in [7, 11) is 0. The molecule has 1 N–H and O–H groups in total. The number of carbonyl (C=O) groups is 1. The summed E-state index contributed by atoms with van der Waals surface area (Å²) in [5.74, 6) is 26.2. The second-order valence-corrected chi connectivity index (χ2v) is 7.47. The average Bonchev–Trinajstić information content (AvgIpc) is 2.79. The summed E-state index contributed by atoms with van der Waals surface area (Å²) in [5.41, 5.74) is 4.68. The molecule has 2 rings (SSSR count). The van der Waals surface area contributed by atoms with Gasteiger partial charge in [0.2, 0.25) is 0 Å². The van der Waals surface area contributed by atoms with Crippen LogP contribution >= 0.6 is 0 Å². The van der Waals surface area contributed by atoms with Crippen LogP contribution in [0.2, 0.25) is 0 Å². The molecule has 0 saturated heterocycles. The Labute approximate surface area is 202 Å². The van der Waals surface area contributed by atoms with E-state index in [0.717, 1.165) is 28.3 Å². The zero-order valence-electron chi connectivity index (χ0n) is 19.9. The maximum atomic E-state index is 12.0. The highest BCUT2D eigenvalue weighted by atomic mass is 16.5. The summed E-state index contributed by atoms with van der Waals surface area (Å²) >= 11 is 0. The SMILES string of the molecule is C=CC(=O)Oc1c(C)cc(C)cc1C(C#CC#CC#CC#CC#CC)c1cc(C)cc(C)c1O. The quantitative estimate of drug-likeness (QED) is 0.316. The van der Waals surface area contributed by atoms with E-state index < -0.39 is 11.9 Å². The Morgan fingerprint density at radius 1 is 0.853 bits per heavy atom. The minimum absolute atomic E-state index is 0.130. The van der Waals surface area contributed by atoms with E-state index in [9.17, 15) is 9.90 Å². The van der Waals surface area contributed by atoms with Crippen LogP contribution in [0.4, 0.5) is 0 Å². The van der Waals surface area contributed by atoms with E-state index >= 15 is 0 Å². The summed E-state index contributed by atoms with van der Waals surface area (Å²) in [5, 5.41) is 10.9. The number of carbonyl (C=O) groups excluding carboxylic acids is 1. The molecule has 0 aliphatic carbocycles. The van der Waals surface area contributed by atoms with Crippen molar-refractivity contribution in [1.29, 1.82) is 0 Å². The molecule has 0 bridgehead atoms. The predicted molar refractivity (Wildman–Crippen MR) is 136 cm³/mol. The third-order valence-corrected chi connectivity index (χ3v) is 4.69. The number of aromatic hydroxyl groups is 1. The van der Waals surface area contributed by atoms with Crippen molar-refractivity contribution in [3.63, 3.8) is 0 Å². The fourth-order valence-corrected chi connectivity index (χ4v) is 3.38. The minimum Gasteiger partial charge on any atom is -0.507 e. The number of aryl methyl sites for hydroxylation is 4. The van der Waals surface area contributed by atoms with Gasteiger partial charge in [-0.1, -0.05) is 53.8 Å². The first-order valence-corrected chi connectivity index (χ1v) is 10.5. The fourth-order valence-electron chi connectivity index (χ4n) is 3.38. The van der Waals surface area contributed by atoms with Crippen LogP contribution in [0.25, 0.3) is 0 Å². The van der Waals surface area contributed by atoms with Crippen LogP contribution in [0, 0.1) is 86.9 Å². The van der Waals surface area contributed by atoms with Gasteiger partial charge in [-0.2, -0.15) is 0 Å². The molecule has 1 unspecified atom stereocenters. The van der Waals surface area contributed by atoms with Gasteiger partial charge in [-0.05, 0) is 93.1 Å². The van der Waals surface area contributed by atoms with Gasteiger partial charge in [0, 0.05) is 17.2 Å². The average molecular weight is 445 g/mol. The zero-order valence-corrected chi connectivity index (χ0v) is 19.9. The molecule has 2 aromatic rings. The molecule has 0 aliphatic rings. The highest BCUT2D eigenvalue weighted by Gasteiger charge is 2.24. The lowest BCUT2D eigenvalue weighted by Gasteiger charge is -2.20. The van der Waals surface area contributed by atoms with Crippen LogP contribution in [0.15, 0.2) is 36.9 Å². The predicted octanol–water partition coefficient (Wildman–Crippen LogP) is 4.89. The molecule has 0 heterocycles. The van der Waals surface area contributed by atoms with E-state index in [4.69, 9.17) is 4.74 Å². The summed E-state index contributed by atoms with van der Waals surface area (Å²) in [6.45, 7) is 12.8. The van der Waals surface area contributed by atoms with Gasteiger partial charge in [-0.15, -0.1) is 0 Å². The first-order valence-electron chi connectivity index (χ1n) is 10.5. The molecule has 0 spiro atoms. The van der Waals surface area contributed by atoms with Gasteiger partial charge in [0.05, 0.1) is 5.92 Å². The lowest BCUT2D eigenvalue weighted by Crippen LogP contribution is -2.10. The number of rotatable bonds is 4. The second kappa shape index (κ2) is 12.3. The van der Waals surface area contributed by atoms with E-state index in [1.54, 1.807) is 6.92 Å². The number of phenols is 1. The van der Waals surface area contributed by atoms with Gasteiger partial charge in [0.15, 0.2) is 0 Å². The Kier molecular flexibility index (Phi) is 9.25. The highest BCUT2D eigenvalue weighted by Crippen LogP contribution is 2.40. The van der Waals surface area contributed by atoms with Crippen molar-refractivity contribution in [3.8, 4) is 70.7 Å². The fraction of sp³-hybridized carbons (Fsp3) is 0.194. The van der Waals surface area contributed by atoms with E-state index in [0.29, 0.717) is 16.9 Å². The van der Waals surface area contributed by atoms with Crippen molar-refractivity contribution < 1.29 is 14.6 Å². The normalized spacial score (nSPS) is 9.56. The zero-order chi connectivity index (χ0) is 25.1. The second-order valence-electron chi connectivity index (χ2n) is 7.47. The first-order chi connectivity index (χ1) is 16.3. The number of phenolic OH excluding ortho intramolecular Hbond substituents is 1. The molecular weight excluding hydrogens is 420 g/mol.